The summed E-state index contributed by atoms with van der Waals surface area (Å²) in [5.41, 5.74) is 3.65. The first kappa shape index (κ1) is 18.7. The van der Waals surface area contributed by atoms with Gasteiger partial charge in [0.25, 0.3) is 0 Å². The van der Waals surface area contributed by atoms with Crippen LogP contribution in [0.25, 0.3) is 0 Å². The molecule has 0 bridgehead atoms. The molecule has 138 valence electrons. The number of benzene rings is 2. The number of carbonyl (C=O) groups is 1. The van der Waals surface area contributed by atoms with E-state index >= 15 is 0 Å². The van der Waals surface area contributed by atoms with Crippen LogP contribution in [-0.2, 0) is 11.3 Å². The van der Waals surface area contributed by atoms with Crippen LogP contribution in [0.2, 0.25) is 5.02 Å². The summed E-state index contributed by atoms with van der Waals surface area (Å²) in [5, 5.41) is 4.12. The Morgan fingerprint density at radius 3 is 2.58 bits per heavy atom. The fourth-order valence-corrected chi connectivity index (χ4v) is 3.48. The summed E-state index contributed by atoms with van der Waals surface area (Å²) in [6, 6.07) is 16.3. The molecule has 1 N–H and O–H groups in total. The second-order valence-corrected chi connectivity index (χ2v) is 7.20. The van der Waals surface area contributed by atoms with Crippen LogP contribution in [0.1, 0.15) is 17.5 Å². The van der Waals surface area contributed by atoms with E-state index in [1.54, 1.807) is 0 Å². The van der Waals surface area contributed by atoms with Crippen molar-refractivity contribution in [2.45, 2.75) is 19.9 Å². The Hall–Kier alpha value is -2.04. The monoisotopic (exact) mass is 371 g/mol. The highest BCUT2D eigenvalue weighted by Gasteiger charge is 2.20. The SMILES string of the molecule is Cc1cccc(CNCCC(=O)N2CCN(c3cccc(Cl)c3)CC2)c1. The van der Waals surface area contributed by atoms with Gasteiger partial charge in [-0.15, -0.1) is 0 Å². The average Bonchev–Trinajstić information content (AvgIpc) is 2.65. The summed E-state index contributed by atoms with van der Waals surface area (Å²) < 4.78 is 0. The number of nitrogens with one attached hydrogen (secondary N) is 1. The zero-order valence-electron chi connectivity index (χ0n) is 15.2. The molecule has 1 aliphatic heterocycles. The molecule has 0 aliphatic carbocycles. The lowest BCUT2D eigenvalue weighted by Crippen LogP contribution is -2.49. The Labute approximate surface area is 160 Å². The second kappa shape index (κ2) is 9.06. The number of piperazine rings is 1. The van der Waals surface area contributed by atoms with Crippen molar-refractivity contribution in [2.75, 3.05) is 37.6 Å². The molecule has 0 spiro atoms. The number of nitrogens with zero attached hydrogens (tertiary/aromatic N) is 2. The van der Waals surface area contributed by atoms with E-state index in [0.717, 1.165) is 43.4 Å². The summed E-state index contributed by atoms with van der Waals surface area (Å²) in [4.78, 5) is 16.7. The van der Waals surface area contributed by atoms with Crippen molar-refractivity contribution in [3.05, 3.63) is 64.7 Å². The second-order valence-electron chi connectivity index (χ2n) is 6.76. The number of amides is 1. The minimum absolute atomic E-state index is 0.229. The van der Waals surface area contributed by atoms with Gasteiger partial charge in [-0.1, -0.05) is 47.5 Å². The van der Waals surface area contributed by atoms with Crippen molar-refractivity contribution < 1.29 is 4.79 Å². The third-order valence-electron chi connectivity index (χ3n) is 4.73. The zero-order valence-corrected chi connectivity index (χ0v) is 16.0. The molecule has 2 aromatic carbocycles. The predicted molar refractivity (Wildman–Crippen MR) is 108 cm³/mol. The smallest absolute Gasteiger partial charge is 0.223 e. The first-order valence-corrected chi connectivity index (χ1v) is 9.54. The highest BCUT2D eigenvalue weighted by Crippen LogP contribution is 2.20. The number of aryl methyl sites for hydroxylation is 1. The van der Waals surface area contributed by atoms with Crippen LogP contribution in [0.15, 0.2) is 48.5 Å². The molecule has 0 saturated carbocycles. The van der Waals surface area contributed by atoms with Gasteiger partial charge in [0.1, 0.15) is 0 Å². The number of anilines is 1. The molecule has 0 atom stereocenters. The maximum absolute atomic E-state index is 12.4. The summed E-state index contributed by atoms with van der Waals surface area (Å²) in [6.07, 6.45) is 0.545. The predicted octanol–water partition coefficient (Wildman–Crippen LogP) is 3.48. The van der Waals surface area contributed by atoms with Gasteiger partial charge >= 0.3 is 0 Å². The maximum Gasteiger partial charge on any atom is 0.223 e. The minimum atomic E-state index is 0.229. The third kappa shape index (κ3) is 5.23. The summed E-state index contributed by atoms with van der Waals surface area (Å²) in [6.45, 7) is 6.84. The van der Waals surface area contributed by atoms with Gasteiger partial charge in [0.2, 0.25) is 5.91 Å². The van der Waals surface area contributed by atoms with Gasteiger partial charge in [-0.2, -0.15) is 0 Å². The first-order valence-electron chi connectivity index (χ1n) is 9.16. The lowest BCUT2D eigenvalue weighted by molar-refractivity contribution is -0.131. The van der Waals surface area contributed by atoms with Crippen LogP contribution in [0.4, 0.5) is 5.69 Å². The standard InChI is InChI=1S/C21H26ClN3O/c1-17-4-2-5-18(14-17)16-23-9-8-21(26)25-12-10-24(11-13-25)20-7-3-6-19(22)15-20/h2-7,14-15,23H,8-13,16H2,1H3. The number of rotatable bonds is 6. The van der Waals surface area contributed by atoms with Gasteiger partial charge in [0.05, 0.1) is 0 Å². The summed E-state index contributed by atoms with van der Waals surface area (Å²) >= 11 is 6.07. The molecule has 26 heavy (non-hydrogen) atoms. The van der Waals surface area contributed by atoms with Crippen molar-refractivity contribution in [1.82, 2.24) is 10.2 Å². The molecule has 2 aromatic rings. The molecule has 1 fully saturated rings. The maximum atomic E-state index is 12.4. The molecule has 0 unspecified atom stereocenters. The third-order valence-corrected chi connectivity index (χ3v) is 4.97. The highest BCUT2D eigenvalue weighted by atomic mass is 35.5. The highest BCUT2D eigenvalue weighted by molar-refractivity contribution is 6.30. The normalized spacial score (nSPS) is 14.5. The number of halogens is 1. The van der Waals surface area contributed by atoms with Crippen LogP contribution in [0.5, 0.6) is 0 Å². The van der Waals surface area contributed by atoms with Crippen molar-refractivity contribution in [1.29, 1.82) is 0 Å². The van der Waals surface area contributed by atoms with E-state index in [2.05, 4.69) is 47.5 Å². The molecule has 1 heterocycles. The van der Waals surface area contributed by atoms with Gasteiger partial charge in [0.15, 0.2) is 0 Å². The fourth-order valence-electron chi connectivity index (χ4n) is 3.30. The molecular weight excluding hydrogens is 346 g/mol. The number of hydrogen-bond acceptors (Lipinski definition) is 3. The minimum Gasteiger partial charge on any atom is -0.368 e. The van der Waals surface area contributed by atoms with Crippen molar-refractivity contribution in [3.63, 3.8) is 0 Å². The lowest BCUT2D eigenvalue weighted by Gasteiger charge is -2.36. The van der Waals surface area contributed by atoms with E-state index in [1.807, 2.05) is 23.1 Å². The molecular formula is C21H26ClN3O. The van der Waals surface area contributed by atoms with Crippen LogP contribution in [0, 0.1) is 6.92 Å². The Morgan fingerprint density at radius 2 is 1.85 bits per heavy atom. The van der Waals surface area contributed by atoms with E-state index in [0.29, 0.717) is 13.0 Å². The molecule has 0 radical (unpaired) electrons. The molecule has 1 aliphatic rings. The molecule has 1 saturated heterocycles. The fraction of sp³-hybridized carbons (Fsp3) is 0.381. The van der Waals surface area contributed by atoms with Crippen LogP contribution in [0.3, 0.4) is 0 Å². The van der Waals surface area contributed by atoms with Gasteiger partial charge in [0, 0.05) is 56.4 Å². The van der Waals surface area contributed by atoms with Crippen LogP contribution in [-0.4, -0.2) is 43.5 Å². The van der Waals surface area contributed by atoms with Gasteiger partial charge < -0.3 is 15.1 Å². The molecule has 5 heteroatoms. The topological polar surface area (TPSA) is 35.6 Å². The van der Waals surface area contributed by atoms with E-state index in [4.69, 9.17) is 11.6 Å². The first-order chi connectivity index (χ1) is 12.6. The van der Waals surface area contributed by atoms with E-state index in [9.17, 15) is 4.79 Å². The molecule has 1 amide bonds. The van der Waals surface area contributed by atoms with E-state index in [1.165, 1.54) is 11.1 Å². The van der Waals surface area contributed by atoms with Crippen molar-refractivity contribution in [2.24, 2.45) is 0 Å². The lowest BCUT2D eigenvalue weighted by atomic mass is 10.1. The molecule has 3 rings (SSSR count). The largest absolute Gasteiger partial charge is 0.368 e. The van der Waals surface area contributed by atoms with Crippen molar-refractivity contribution >= 4 is 23.2 Å². The van der Waals surface area contributed by atoms with Crippen LogP contribution >= 0.6 is 11.6 Å². The Kier molecular flexibility index (Phi) is 6.53. The van der Waals surface area contributed by atoms with E-state index in [-0.39, 0.29) is 5.91 Å². The Bertz CT molecular complexity index is 742. The molecule has 4 nitrogen and oxygen atoms in total. The van der Waals surface area contributed by atoms with E-state index < -0.39 is 0 Å². The van der Waals surface area contributed by atoms with Gasteiger partial charge in [-0.05, 0) is 30.7 Å². The zero-order chi connectivity index (χ0) is 18.4. The quantitative estimate of drug-likeness (QED) is 0.790. The molecule has 0 aromatic heterocycles. The average molecular weight is 372 g/mol. The summed E-state index contributed by atoms with van der Waals surface area (Å²) in [7, 11) is 0. The summed E-state index contributed by atoms with van der Waals surface area (Å²) in [5.74, 6) is 0.229. The van der Waals surface area contributed by atoms with Gasteiger partial charge in [-0.3, -0.25) is 4.79 Å². The van der Waals surface area contributed by atoms with Crippen molar-refractivity contribution in [3.8, 4) is 0 Å². The Morgan fingerprint density at radius 1 is 1.08 bits per heavy atom. The van der Waals surface area contributed by atoms with Crippen LogP contribution < -0.4 is 10.2 Å². The number of carbonyl (C=O) groups excluding carboxylic acids is 1. The number of hydrogen-bond donors (Lipinski definition) is 1. The Balaban J connectivity index is 1.38. The van der Waals surface area contributed by atoms with Gasteiger partial charge in [-0.25, -0.2) is 0 Å².